The number of hydrogen-bond donors (Lipinski definition) is 1. The van der Waals surface area contributed by atoms with Crippen molar-refractivity contribution >= 4 is 0 Å². The van der Waals surface area contributed by atoms with Crippen molar-refractivity contribution in [3.05, 3.63) is 23.5 Å². The SMILES string of the molecule is CCCNCc1nc(C)ccc1OC1CC(C)CC(C)C1. The summed E-state index contributed by atoms with van der Waals surface area (Å²) in [4.78, 5) is 4.66. The Morgan fingerprint density at radius 3 is 2.57 bits per heavy atom. The Hall–Kier alpha value is -1.09. The zero-order valence-electron chi connectivity index (χ0n) is 14.0. The maximum atomic E-state index is 6.31. The molecule has 1 N–H and O–H groups in total. The minimum absolute atomic E-state index is 0.346. The van der Waals surface area contributed by atoms with Crippen molar-refractivity contribution in [1.82, 2.24) is 10.3 Å². The van der Waals surface area contributed by atoms with Gasteiger partial charge >= 0.3 is 0 Å². The molecule has 0 spiro atoms. The number of pyridine rings is 1. The second-order valence-corrected chi connectivity index (χ2v) is 6.73. The first-order valence-electron chi connectivity index (χ1n) is 8.42. The quantitative estimate of drug-likeness (QED) is 0.801. The van der Waals surface area contributed by atoms with Crippen LogP contribution in [0.15, 0.2) is 12.1 Å². The van der Waals surface area contributed by atoms with Gasteiger partial charge in [0.2, 0.25) is 0 Å². The van der Waals surface area contributed by atoms with Gasteiger partial charge in [-0.2, -0.15) is 0 Å². The second kappa shape index (κ2) is 7.79. The van der Waals surface area contributed by atoms with E-state index in [1.54, 1.807) is 0 Å². The molecule has 0 aliphatic heterocycles. The number of nitrogens with one attached hydrogen (secondary N) is 1. The van der Waals surface area contributed by atoms with Gasteiger partial charge in [0, 0.05) is 12.2 Å². The van der Waals surface area contributed by atoms with Crippen LogP contribution in [0.4, 0.5) is 0 Å². The van der Waals surface area contributed by atoms with Gasteiger partial charge in [0.25, 0.3) is 0 Å². The molecule has 2 unspecified atom stereocenters. The first kappa shape index (κ1) is 16.3. The molecule has 0 aromatic carbocycles. The van der Waals surface area contributed by atoms with E-state index < -0.39 is 0 Å². The smallest absolute Gasteiger partial charge is 0.142 e. The number of aryl methyl sites for hydroxylation is 1. The molecule has 1 aliphatic rings. The van der Waals surface area contributed by atoms with Crippen LogP contribution < -0.4 is 10.1 Å². The summed E-state index contributed by atoms with van der Waals surface area (Å²) in [6, 6.07) is 4.14. The molecule has 0 radical (unpaired) electrons. The van der Waals surface area contributed by atoms with Gasteiger partial charge in [-0.25, -0.2) is 0 Å². The fourth-order valence-corrected chi connectivity index (χ4v) is 3.36. The van der Waals surface area contributed by atoms with Crippen LogP contribution in [-0.2, 0) is 6.54 Å². The molecule has 21 heavy (non-hydrogen) atoms. The molecule has 2 atom stereocenters. The highest BCUT2D eigenvalue weighted by atomic mass is 16.5. The van der Waals surface area contributed by atoms with Crippen molar-refractivity contribution in [1.29, 1.82) is 0 Å². The standard InChI is InChI=1S/C18H30N2O/c1-5-8-19-12-17-18(7-6-15(4)20-17)21-16-10-13(2)9-14(3)11-16/h6-7,13-14,16,19H,5,8-12H2,1-4H3. The van der Waals surface area contributed by atoms with Gasteiger partial charge in [-0.15, -0.1) is 0 Å². The molecule has 1 saturated carbocycles. The van der Waals surface area contributed by atoms with E-state index in [4.69, 9.17) is 4.74 Å². The predicted molar refractivity (Wildman–Crippen MR) is 87.6 cm³/mol. The fourth-order valence-electron chi connectivity index (χ4n) is 3.36. The number of hydrogen-bond acceptors (Lipinski definition) is 3. The Balaban J connectivity index is 2.04. The molecule has 1 aliphatic carbocycles. The average molecular weight is 290 g/mol. The molecule has 1 aromatic rings. The van der Waals surface area contributed by atoms with Crippen LogP contribution >= 0.6 is 0 Å². The Morgan fingerprint density at radius 1 is 1.19 bits per heavy atom. The zero-order valence-corrected chi connectivity index (χ0v) is 14.0. The molecule has 3 heteroatoms. The minimum atomic E-state index is 0.346. The monoisotopic (exact) mass is 290 g/mol. The third-order valence-electron chi connectivity index (χ3n) is 4.22. The van der Waals surface area contributed by atoms with Crippen molar-refractivity contribution < 1.29 is 4.74 Å². The largest absolute Gasteiger partial charge is 0.488 e. The van der Waals surface area contributed by atoms with Gasteiger partial charge in [-0.05, 0) is 63.1 Å². The van der Waals surface area contributed by atoms with Crippen LogP contribution in [0, 0.1) is 18.8 Å². The molecular weight excluding hydrogens is 260 g/mol. The van der Waals surface area contributed by atoms with Gasteiger partial charge in [-0.3, -0.25) is 4.98 Å². The molecule has 1 aromatic heterocycles. The molecular formula is C18H30N2O. The summed E-state index contributed by atoms with van der Waals surface area (Å²) in [6.45, 7) is 10.7. The lowest BCUT2D eigenvalue weighted by atomic mass is 9.82. The third kappa shape index (κ3) is 4.99. The fraction of sp³-hybridized carbons (Fsp3) is 0.722. The van der Waals surface area contributed by atoms with Crippen molar-refractivity contribution in [3.8, 4) is 5.75 Å². The number of aromatic nitrogens is 1. The van der Waals surface area contributed by atoms with E-state index in [1.807, 2.05) is 13.0 Å². The summed E-state index contributed by atoms with van der Waals surface area (Å²) in [5.41, 5.74) is 2.11. The van der Waals surface area contributed by atoms with E-state index >= 15 is 0 Å². The number of ether oxygens (including phenoxy) is 1. The van der Waals surface area contributed by atoms with Gasteiger partial charge in [-0.1, -0.05) is 20.8 Å². The highest BCUT2D eigenvalue weighted by Gasteiger charge is 2.25. The second-order valence-electron chi connectivity index (χ2n) is 6.73. The molecule has 3 nitrogen and oxygen atoms in total. The van der Waals surface area contributed by atoms with Crippen LogP contribution in [-0.4, -0.2) is 17.6 Å². The maximum absolute atomic E-state index is 6.31. The van der Waals surface area contributed by atoms with Crippen LogP contribution in [0.2, 0.25) is 0 Å². The van der Waals surface area contributed by atoms with Crippen LogP contribution in [0.3, 0.4) is 0 Å². The third-order valence-corrected chi connectivity index (χ3v) is 4.22. The van der Waals surface area contributed by atoms with E-state index in [0.29, 0.717) is 6.10 Å². The summed E-state index contributed by atoms with van der Waals surface area (Å²) in [5, 5.41) is 3.43. The lowest BCUT2D eigenvalue weighted by molar-refractivity contribution is 0.0994. The molecule has 2 rings (SSSR count). The highest BCUT2D eigenvalue weighted by Crippen LogP contribution is 2.32. The molecule has 1 fully saturated rings. The highest BCUT2D eigenvalue weighted by molar-refractivity contribution is 5.29. The molecule has 0 saturated heterocycles. The molecule has 0 bridgehead atoms. The van der Waals surface area contributed by atoms with Crippen molar-refractivity contribution in [3.63, 3.8) is 0 Å². The lowest BCUT2D eigenvalue weighted by Crippen LogP contribution is -2.29. The molecule has 118 valence electrons. The summed E-state index contributed by atoms with van der Waals surface area (Å²) >= 11 is 0. The summed E-state index contributed by atoms with van der Waals surface area (Å²) < 4.78 is 6.31. The number of nitrogens with zero attached hydrogens (tertiary/aromatic N) is 1. The zero-order chi connectivity index (χ0) is 15.2. The predicted octanol–water partition coefficient (Wildman–Crippen LogP) is 4.09. The van der Waals surface area contributed by atoms with Gasteiger partial charge in [0.1, 0.15) is 5.75 Å². The summed E-state index contributed by atoms with van der Waals surface area (Å²) in [6.07, 6.45) is 5.15. The van der Waals surface area contributed by atoms with E-state index in [-0.39, 0.29) is 0 Å². The van der Waals surface area contributed by atoms with Crippen LogP contribution in [0.5, 0.6) is 5.75 Å². The number of rotatable bonds is 6. The van der Waals surface area contributed by atoms with Gasteiger partial charge in [0.15, 0.2) is 0 Å². The van der Waals surface area contributed by atoms with Crippen LogP contribution in [0.25, 0.3) is 0 Å². The van der Waals surface area contributed by atoms with Crippen LogP contribution in [0.1, 0.15) is 57.8 Å². The van der Waals surface area contributed by atoms with Crippen molar-refractivity contribution in [2.75, 3.05) is 6.54 Å². The topological polar surface area (TPSA) is 34.2 Å². The minimum Gasteiger partial charge on any atom is -0.488 e. The van der Waals surface area contributed by atoms with E-state index in [0.717, 1.165) is 48.5 Å². The van der Waals surface area contributed by atoms with E-state index in [1.165, 1.54) is 19.3 Å². The average Bonchev–Trinajstić information content (AvgIpc) is 2.41. The van der Waals surface area contributed by atoms with Crippen molar-refractivity contribution in [2.24, 2.45) is 11.8 Å². The van der Waals surface area contributed by atoms with Gasteiger partial charge < -0.3 is 10.1 Å². The first-order chi connectivity index (χ1) is 10.1. The van der Waals surface area contributed by atoms with Crippen molar-refractivity contribution in [2.45, 2.75) is 66.0 Å². The Kier molecular flexibility index (Phi) is 6.04. The van der Waals surface area contributed by atoms with Gasteiger partial charge in [0.05, 0.1) is 11.8 Å². The molecule has 1 heterocycles. The first-order valence-corrected chi connectivity index (χ1v) is 8.42. The molecule has 0 amide bonds. The maximum Gasteiger partial charge on any atom is 0.142 e. The van der Waals surface area contributed by atoms with E-state index in [2.05, 4.69) is 37.1 Å². The summed E-state index contributed by atoms with van der Waals surface area (Å²) in [7, 11) is 0. The van der Waals surface area contributed by atoms with E-state index in [9.17, 15) is 0 Å². The Morgan fingerprint density at radius 2 is 1.90 bits per heavy atom. The Bertz CT molecular complexity index is 437. The lowest BCUT2D eigenvalue weighted by Gasteiger charge is -2.32. The Labute approximate surface area is 129 Å². The summed E-state index contributed by atoms with van der Waals surface area (Å²) in [5.74, 6) is 2.49. The normalized spacial score (nSPS) is 25.8.